The number of rotatable bonds is 6. The number of nitrogens with one attached hydrogen (secondary N) is 2. The number of likely N-dealkylation sites (N-methyl/N-ethyl adjacent to an activating group) is 1. The van der Waals surface area contributed by atoms with E-state index in [0.29, 0.717) is 16.3 Å². The van der Waals surface area contributed by atoms with Gasteiger partial charge in [-0.3, -0.25) is 14.1 Å². The van der Waals surface area contributed by atoms with Crippen molar-refractivity contribution in [2.45, 2.75) is 18.6 Å². The lowest BCUT2D eigenvalue weighted by molar-refractivity contribution is -0.751. The Morgan fingerprint density at radius 1 is 1.41 bits per heavy atom. The van der Waals surface area contributed by atoms with Gasteiger partial charge in [-0.1, -0.05) is 5.16 Å². The normalized spacial score (nSPS) is 19.9. The number of amides is 3. The predicted octanol–water partition coefficient (Wildman–Crippen LogP) is -1.39. The molecule has 0 aromatic carbocycles. The van der Waals surface area contributed by atoms with Crippen molar-refractivity contribution in [3.63, 3.8) is 0 Å². The van der Waals surface area contributed by atoms with Gasteiger partial charge in [-0.05, 0) is 0 Å². The monoisotopic (exact) mass is 498 g/mol. The van der Waals surface area contributed by atoms with Crippen LogP contribution in [0.3, 0.4) is 0 Å². The van der Waals surface area contributed by atoms with E-state index in [-0.39, 0.29) is 18.9 Å². The fourth-order valence-corrected chi connectivity index (χ4v) is 4.39. The molecule has 0 aliphatic carbocycles. The van der Waals surface area contributed by atoms with E-state index in [1.807, 2.05) is 35.9 Å². The highest BCUT2D eigenvalue weighted by Gasteiger charge is 2.53. The second kappa shape index (κ2) is 8.58. The topological polar surface area (TPSA) is 176 Å². The maximum atomic E-state index is 12.9. The number of nitrogens with zero attached hydrogens (tertiary/aromatic N) is 7. The van der Waals surface area contributed by atoms with Gasteiger partial charge < -0.3 is 15.5 Å². The third-order valence-corrected chi connectivity index (χ3v) is 5.94. The molecule has 3 amide bonds. The number of aryl methyl sites for hydroxylation is 3. The molecule has 1 fully saturated rings. The lowest BCUT2D eigenvalue weighted by Gasteiger charge is -2.31. The maximum absolute atomic E-state index is 12.9. The van der Waals surface area contributed by atoms with Crippen molar-refractivity contribution < 1.29 is 36.4 Å². The Labute approximate surface area is 194 Å². The van der Waals surface area contributed by atoms with Crippen LogP contribution in [0, 0.1) is 0 Å². The quantitative estimate of drug-likeness (QED) is 0.108. The van der Waals surface area contributed by atoms with Crippen molar-refractivity contribution in [3.05, 3.63) is 35.4 Å². The highest BCUT2D eigenvalue weighted by molar-refractivity contribution is 7.80. The molecular weight excluding hydrogens is 474 g/mol. The highest BCUT2D eigenvalue weighted by atomic mass is 32.3. The van der Waals surface area contributed by atoms with E-state index in [4.69, 9.17) is 9.39 Å². The van der Waals surface area contributed by atoms with Gasteiger partial charge in [0.05, 0.1) is 43.8 Å². The minimum absolute atomic E-state index is 0.0234. The molecule has 2 aliphatic heterocycles. The van der Waals surface area contributed by atoms with Crippen molar-refractivity contribution in [3.8, 4) is 0 Å². The Morgan fingerprint density at radius 2 is 2.15 bits per heavy atom. The SMILES string of the molecule is CN/C(=N\OC(=O)NCc1cn(C)[n+](C)c1)[C@@H]1c2c(cnn2C)[C@@H]2CN1C(=O)N2OS(=O)(=O)O. The summed E-state index contributed by atoms with van der Waals surface area (Å²) >= 11 is 0. The Morgan fingerprint density at radius 3 is 2.76 bits per heavy atom. The van der Waals surface area contributed by atoms with Gasteiger partial charge in [0.25, 0.3) is 0 Å². The van der Waals surface area contributed by atoms with Gasteiger partial charge in [-0.25, -0.2) is 9.59 Å². The van der Waals surface area contributed by atoms with Gasteiger partial charge in [-0.15, -0.1) is 8.97 Å². The molecular formula is C17H24N9O7S+. The Bertz CT molecular complexity index is 1250. The second-order valence-electron chi connectivity index (χ2n) is 7.73. The Kier molecular flexibility index (Phi) is 5.92. The maximum Gasteiger partial charge on any atom is 0.433 e. The molecule has 1 saturated heterocycles. The molecule has 0 saturated carbocycles. The fraction of sp³-hybridized carbons (Fsp3) is 0.471. The summed E-state index contributed by atoms with van der Waals surface area (Å²) in [6, 6.07) is -2.55. The summed E-state index contributed by atoms with van der Waals surface area (Å²) in [5, 5.41) is 14.0. The number of hydroxylamine groups is 2. The van der Waals surface area contributed by atoms with Gasteiger partial charge in [0.15, 0.2) is 19.1 Å². The van der Waals surface area contributed by atoms with E-state index in [1.165, 1.54) is 22.8 Å². The summed E-state index contributed by atoms with van der Waals surface area (Å²) in [5.41, 5.74) is 1.83. The van der Waals surface area contributed by atoms with Gasteiger partial charge in [0.2, 0.25) is 0 Å². The lowest BCUT2D eigenvalue weighted by Crippen LogP contribution is -2.44. The van der Waals surface area contributed by atoms with Crippen molar-refractivity contribution in [1.29, 1.82) is 0 Å². The number of carbonyl (C=O) groups excluding carboxylic acids is 2. The number of aromatic nitrogens is 4. The molecule has 4 rings (SSSR count). The van der Waals surface area contributed by atoms with E-state index in [9.17, 15) is 18.0 Å². The Hall–Kier alpha value is -3.70. The van der Waals surface area contributed by atoms with Crippen LogP contribution in [0.15, 0.2) is 23.7 Å². The molecule has 0 unspecified atom stereocenters. The van der Waals surface area contributed by atoms with E-state index in [0.717, 1.165) is 5.56 Å². The molecule has 3 N–H and O–H groups in total. The average molecular weight is 499 g/mol. The van der Waals surface area contributed by atoms with Crippen LogP contribution in [0.2, 0.25) is 0 Å². The molecule has 2 atom stereocenters. The summed E-state index contributed by atoms with van der Waals surface area (Å²) in [6.07, 6.45) is 4.32. The zero-order valence-corrected chi connectivity index (χ0v) is 19.6. The standard InChI is InChI=1S/C17H23N9O7S/c1-18-15(21-32-16(27)19-5-10-7-22(2)23(3)8-10)14-13-11(6-20-24(13)4)12-9-25(14)17(28)26(12)33-34(29,30)31/h6-8,12,14H,5,9H2,1-4H3,(H2-,18,19,21,27,29,30,31)/p+1/t12-,14-/m0/s1. The molecule has 0 spiro atoms. The minimum Gasteiger partial charge on any atom is -0.372 e. The van der Waals surface area contributed by atoms with Crippen molar-refractivity contribution in [1.82, 2.24) is 35.1 Å². The van der Waals surface area contributed by atoms with Gasteiger partial charge in [0.1, 0.15) is 12.1 Å². The van der Waals surface area contributed by atoms with Crippen molar-refractivity contribution >= 4 is 28.4 Å². The molecule has 2 bridgehead atoms. The number of urea groups is 1. The first kappa shape index (κ1) is 23.5. The number of amidine groups is 1. The summed E-state index contributed by atoms with van der Waals surface area (Å²) in [4.78, 5) is 31.4. The molecule has 2 aromatic heterocycles. The lowest BCUT2D eigenvalue weighted by atomic mass is 9.97. The van der Waals surface area contributed by atoms with Crippen LogP contribution >= 0.6 is 0 Å². The van der Waals surface area contributed by atoms with Crippen LogP contribution in [0.4, 0.5) is 9.59 Å². The zero-order chi connectivity index (χ0) is 24.8. The molecule has 0 radical (unpaired) electrons. The number of fused-ring (bicyclic) bond motifs is 4. The smallest absolute Gasteiger partial charge is 0.372 e. The molecule has 16 nitrogen and oxygen atoms in total. The first-order valence-electron chi connectivity index (χ1n) is 10.0. The predicted molar refractivity (Wildman–Crippen MR) is 112 cm³/mol. The Balaban J connectivity index is 1.55. The number of oxime groups is 1. The summed E-state index contributed by atoms with van der Waals surface area (Å²) in [6.45, 7) is 0.233. The third-order valence-electron chi connectivity index (χ3n) is 5.59. The van der Waals surface area contributed by atoms with E-state index in [2.05, 4.69) is 25.2 Å². The fourth-order valence-electron chi connectivity index (χ4n) is 4.02. The first-order chi connectivity index (χ1) is 16.0. The first-order valence-corrected chi connectivity index (χ1v) is 11.4. The molecule has 4 heterocycles. The van der Waals surface area contributed by atoms with E-state index >= 15 is 0 Å². The van der Waals surface area contributed by atoms with E-state index in [1.54, 1.807) is 7.05 Å². The molecule has 2 aliphatic rings. The van der Waals surface area contributed by atoms with Gasteiger partial charge >= 0.3 is 22.5 Å². The number of hydrogen-bond donors (Lipinski definition) is 3. The van der Waals surface area contributed by atoms with Crippen molar-refractivity contribution in [2.75, 3.05) is 13.6 Å². The van der Waals surface area contributed by atoms with Crippen LogP contribution in [0.5, 0.6) is 0 Å². The van der Waals surface area contributed by atoms with Crippen LogP contribution in [-0.4, -0.2) is 68.9 Å². The van der Waals surface area contributed by atoms with E-state index < -0.39 is 34.6 Å². The summed E-state index contributed by atoms with van der Waals surface area (Å²) in [5.74, 6) is 0.0895. The largest absolute Gasteiger partial charge is 0.433 e. The second-order valence-corrected chi connectivity index (χ2v) is 8.73. The molecule has 34 heavy (non-hydrogen) atoms. The highest BCUT2D eigenvalue weighted by Crippen LogP contribution is 2.44. The van der Waals surface area contributed by atoms with Gasteiger partial charge in [-0.2, -0.15) is 23.3 Å². The average Bonchev–Trinajstić information content (AvgIpc) is 3.39. The molecule has 2 aromatic rings. The number of hydrogen-bond acceptors (Lipinski definition) is 8. The zero-order valence-electron chi connectivity index (χ0n) is 18.7. The molecule has 17 heteroatoms. The van der Waals surface area contributed by atoms with Gasteiger partial charge in [0, 0.05) is 19.7 Å². The number of carbonyl (C=O) groups is 2. The van der Waals surface area contributed by atoms with Crippen LogP contribution in [0.25, 0.3) is 0 Å². The summed E-state index contributed by atoms with van der Waals surface area (Å²) < 4.78 is 41.3. The van der Waals surface area contributed by atoms with Crippen LogP contribution in [0.1, 0.15) is 28.9 Å². The molecule has 184 valence electrons. The van der Waals surface area contributed by atoms with Crippen LogP contribution < -0.4 is 15.3 Å². The minimum atomic E-state index is -4.95. The van der Waals surface area contributed by atoms with Crippen LogP contribution in [-0.2, 0) is 47.2 Å². The summed E-state index contributed by atoms with van der Waals surface area (Å²) in [7, 11) is 1.93. The third kappa shape index (κ3) is 4.27. The van der Waals surface area contributed by atoms with Crippen molar-refractivity contribution in [2.24, 2.45) is 26.3 Å².